The molecule has 4 rings (SSSR count). The fraction of sp³-hybridized carbons (Fsp3) is 0.360. The molecule has 31 heavy (non-hydrogen) atoms. The van der Waals surface area contributed by atoms with Gasteiger partial charge < -0.3 is 10.1 Å². The van der Waals surface area contributed by atoms with E-state index in [1.54, 1.807) is 25.1 Å². The van der Waals surface area contributed by atoms with Gasteiger partial charge in [0.15, 0.2) is 18.2 Å². The lowest BCUT2D eigenvalue weighted by atomic mass is 9.89. The second kappa shape index (κ2) is 8.84. The predicted molar refractivity (Wildman–Crippen MR) is 115 cm³/mol. The van der Waals surface area contributed by atoms with Crippen LogP contribution in [0.15, 0.2) is 36.4 Å². The van der Waals surface area contributed by atoms with Crippen LogP contribution in [0, 0.1) is 0 Å². The van der Waals surface area contributed by atoms with E-state index in [1.807, 2.05) is 18.2 Å². The van der Waals surface area contributed by atoms with Crippen molar-refractivity contribution in [1.29, 1.82) is 0 Å². The van der Waals surface area contributed by atoms with Crippen molar-refractivity contribution in [2.24, 2.45) is 0 Å². The number of amides is 1. The summed E-state index contributed by atoms with van der Waals surface area (Å²) in [7, 11) is 0. The maximum absolute atomic E-state index is 12.5. The van der Waals surface area contributed by atoms with E-state index in [2.05, 4.69) is 5.32 Å². The van der Waals surface area contributed by atoms with Crippen LogP contribution in [-0.2, 0) is 27.2 Å². The van der Waals surface area contributed by atoms with Crippen LogP contribution < -0.4 is 5.32 Å². The van der Waals surface area contributed by atoms with Crippen LogP contribution >= 0.6 is 0 Å². The van der Waals surface area contributed by atoms with Crippen molar-refractivity contribution < 1.29 is 23.9 Å². The van der Waals surface area contributed by atoms with Crippen LogP contribution in [0.3, 0.4) is 0 Å². The third-order valence-corrected chi connectivity index (χ3v) is 6.08. The lowest BCUT2D eigenvalue weighted by molar-refractivity contribution is -0.142. The number of ether oxygens (including phenoxy) is 1. The van der Waals surface area contributed by atoms with E-state index in [4.69, 9.17) is 4.74 Å². The molecule has 0 bridgehead atoms. The van der Waals surface area contributed by atoms with Gasteiger partial charge in [0.2, 0.25) is 5.91 Å². The highest BCUT2D eigenvalue weighted by Gasteiger charge is 2.27. The topological polar surface area (TPSA) is 89.5 Å². The Labute approximate surface area is 181 Å². The van der Waals surface area contributed by atoms with Crippen LogP contribution in [-0.4, -0.2) is 30.0 Å². The summed E-state index contributed by atoms with van der Waals surface area (Å²) in [5, 5.41) is 2.75. The van der Waals surface area contributed by atoms with E-state index in [9.17, 15) is 19.2 Å². The SMILES string of the molecule is C[C@H]1C(=O)Nc2ccc(C(=O)COC(=O)CCC(=O)c3ccc4c(c3)CCCC4)cc21. The Morgan fingerprint density at radius 3 is 2.45 bits per heavy atom. The first-order valence-electron chi connectivity index (χ1n) is 10.7. The van der Waals surface area contributed by atoms with Crippen molar-refractivity contribution in [2.45, 2.75) is 51.4 Å². The molecule has 2 aliphatic rings. The minimum atomic E-state index is -0.578. The van der Waals surface area contributed by atoms with Gasteiger partial charge in [-0.1, -0.05) is 12.1 Å². The van der Waals surface area contributed by atoms with Gasteiger partial charge in [-0.15, -0.1) is 0 Å². The molecule has 1 amide bonds. The number of carbonyl (C=O) groups is 4. The van der Waals surface area contributed by atoms with Crippen LogP contribution in [0.25, 0.3) is 0 Å². The number of rotatable bonds is 7. The first-order chi connectivity index (χ1) is 14.9. The van der Waals surface area contributed by atoms with Crippen molar-refractivity contribution in [1.82, 2.24) is 0 Å². The number of esters is 1. The molecule has 0 spiro atoms. The highest BCUT2D eigenvalue weighted by Crippen LogP contribution is 2.32. The third-order valence-electron chi connectivity index (χ3n) is 6.08. The second-order valence-corrected chi connectivity index (χ2v) is 8.21. The molecular formula is C25H25NO5. The van der Waals surface area contributed by atoms with E-state index in [0.717, 1.165) is 24.8 Å². The highest BCUT2D eigenvalue weighted by molar-refractivity contribution is 6.05. The Kier molecular flexibility index (Phi) is 5.98. The molecule has 160 valence electrons. The predicted octanol–water partition coefficient (Wildman–Crippen LogP) is 4.01. The summed E-state index contributed by atoms with van der Waals surface area (Å²) in [6, 6.07) is 10.7. The summed E-state index contributed by atoms with van der Waals surface area (Å²) in [6.07, 6.45) is 4.36. The number of fused-ring (bicyclic) bond motifs is 2. The summed E-state index contributed by atoms with van der Waals surface area (Å²) >= 11 is 0. The maximum atomic E-state index is 12.5. The van der Waals surface area contributed by atoms with Crippen LogP contribution in [0.1, 0.15) is 75.9 Å². The molecule has 0 aromatic heterocycles. The zero-order valence-electron chi connectivity index (χ0n) is 17.5. The molecule has 1 aliphatic carbocycles. The van der Waals surface area contributed by atoms with Gasteiger partial charge in [0.1, 0.15) is 0 Å². The zero-order chi connectivity index (χ0) is 22.0. The molecule has 0 fully saturated rings. The molecule has 2 aromatic carbocycles. The summed E-state index contributed by atoms with van der Waals surface area (Å²) in [4.78, 5) is 48.6. The summed E-state index contributed by atoms with van der Waals surface area (Å²) in [5.74, 6) is -1.44. The van der Waals surface area contributed by atoms with Crippen molar-refractivity contribution in [3.05, 3.63) is 64.2 Å². The molecule has 0 saturated heterocycles. The van der Waals surface area contributed by atoms with Gasteiger partial charge in [0.25, 0.3) is 0 Å². The number of hydrogen-bond donors (Lipinski definition) is 1. The number of anilines is 1. The van der Waals surface area contributed by atoms with Gasteiger partial charge in [-0.2, -0.15) is 0 Å². The molecule has 6 nitrogen and oxygen atoms in total. The number of hydrogen-bond acceptors (Lipinski definition) is 5. The molecule has 1 N–H and O–H groups in total. The standard InChI is InChI=1S/C25H25NO5/c1-15-20-13-19(8-9-21(20)26-25(15)30)23(28)14-31-24(29)11-10-22(27)18-7-6-16-4-2-3-5-17(16)12-18/h6-9,12-13,15H,2-5,10-11,14H2,1H3,(H,26,30)/t15-/m1/s1. The Morgan fingerprint density at radius 2 is 1.65 bits per heavy atom. The monoisotopic (exact) mass is 419 g/mol. The number of carbonyl (C=O) groups excluding carboxylic acids is 4. The van der Waals surface area contributed by atoms with Crippen LogP contribution in [0.5, 0.6) is 0 Å². The van der Waals surface area contributed by atoms with E-state index in [0.29, 0.717) is 16.8 Å². The lowest BCUT2D eigenvalue weighted by Gasteiger charge is -2.16. The van der Waals surface area contributed by atoms with E-state index in [1.165, 1.54) is 17.5 Å². The van der Waals surface area contributed by atoms with Crippen LogP contribution in [0.4, 0.5) is 5.69 Å². The van der Waals surface area contributed by atoms with Gasteiger partial charge >= 0.3 is 5.97 Å². The van der Waals surface area contributed by atoms with Crippen molar-refractivity contribution in [2.75, 3.05) is 11.9 Å². The molecule has 2 aromatic rings. The molecule has 1 heterocycles. The van der Waals surface area contributed by atoms with Gasteiger partial charge in [0, 0.05) is 23.2 Å². The van der Waals surface area contributed by atoms with Crippen molar-refractivity contribution >= 4 is 29.1 Å². The summed E-state index contributed by atoms with van der Waals surface area (Å²) < 4.78 is 5.08. The molecule has 0 saturated carbocycles. The summed E-state index contributed by atoms with van der Waals surface area (Å²) in [5.41, 5.74) is 5.01. The average molecular weight is 419 g/mol. The lowest BCUT2D eigenvalue weighted by Crippen LogP contribution is -2.15. The number of benzene rings is 2. The minimum absolute atomic E-state index is 0.0515. The number of aryl methyl sites for hydroxylation is 2. The largest absolute Gasteiger partial charge is 0.457 e. The van der Waals surface area contributed by atoms with Gasteiger partial charge in [0.05, 0.1) is 12.3 Å². The van der Waals surface area contributed by atoms with Crippen LogP contribution in [0.2, 0.25) is 0 Å². The molecule has 0 radical (unpaired) electrons. The third kappa shape index (κ3) is 4.58. The number of ketones is 2. The van der Waals surface area contributed by atoms with Crippen molar-refractivity contribution in [3.8, 4) is 0 Å². The quantitative estimate of drug-likeness (QED) is 0.541. The Balaban J connectivity index is 1.27. The second-order valence-electron chi connectivity index (χ2n) is 8.21. The average Bonchev–Trinajstić information content (AvgIpc) is 3.08. The molecule has 1 aliphatic heterocycles. The zero-order valence-corrected chi connectivity index (χ0v) is 17.5. The normalized spacial score (nSPS) is 16.8. The first kappa shape index (κ1) is 21.0. The van der Waals surface area contributed by atoms with E-state index >= 15 is 0 Å². The maximum Gasteiger partial charge on any atom is 0.306 e. The van der Waals surface area contributed by atoms with Gasteiger partial charge in [-0.25, -0.2) is 0 Å². The number of Topliss-reactive ketones (excluding diaryl/α,β-unsaturated/α-hetero) is 2. The molecule has 6 heteroatoms. The molecule has 0 unspecified atom stereocenters. The Hall–Kier alpha value is -3.28. The molecular weight excluding hydrogens is 394 g/mol. The molecule has 1 atom stereocenters. The Bertz CT molecular complexity index is 1070. The van der Waals surface area contributed by atoms with E-state index < -0.39 is 5.97 Å². The fourth-order valence-corrected chi connectivity index (χ4v) is 4.16. The highest BCUT2D eigenvalue weighted by atomic mass is 16.5. The van der Waals surface area contributed by atoms with Gasteiger partial charge in [-0.05, 0) is 73.6 Å². The van der Waals surface area contributed by atoms with Gasteiger partial charge in [-0.3, -0.25) is 19.2 Å². The number of nitrogens with one attached hydrogen (secondary N) is 1. The first-order valence-corrected chi connectivity index (χ1v) is 10.7. The smallest absolute Gasteiger partial charge is 0.306 e. The van der Waals surface area contributed by atoms with E-state index in [-0.39, 0.29) is 42.8 Å². The minimum Gasteiger partial charge on any atom is -0.457 e. The Morgan fingerprint density at radius 1 is 0.935 bits per heavy atom. The fourth-order valence-electron chi connectivity index (χ4n) is 4.16. The van der Waals surface area contributed by atoms with Crippen molar-refractivity contribution in [3.63, 3.8) is 0 Å². The summed E-state index contributed by atoms with van der Waals surface area (Å²) in [6.45, 7) is 1.38.